The Morgan fingerprint density at radius 1 is 1.45 bits per heavy atom. The maximum atomic E-state index is 12.5. The second-order valence-electron chi connectivity index (χ2n) is 2.09. The Hall–Kier alpha value is -1.16. The average molecular weight is 170 g/mol. The highest BCUT2D eigenvalue weighted by atomic mass is 32.1. The van der Waals surface area contributed by atoms with Crippen molar-refractivity contribution in [2.45, 2.75) is 0 Å². The lowest BCUT2D eigenvalue weighted by molar-refractivity contribution is 0.630. The molecule has 0 aliphatic carbocycles. The molecule has 0 saturated carbocycles. The molecule has 0 radical (unpaired) electrons. The Bertz CT molecular complexity index is 443. The van der Waals surface area contributed by atoms with Gasteiger partial charge in [0.05, 0.1) is 10.1 Å². The summed E-state index contributed by atoms with van der Waals surface area (Å²) in [6.45, 7) is 0. The summed E-state index contributed by atoms with van der Waals surface area (Å²) >= 11 is 0.901. The van der Waals surface area contributed by atoms with E-state index in [9.17, 15) is 9.18 Å². The monoisotopic (exact) mass is 170 g/mol. The highest BCUT2D eigenvalue weighted by molar-refractivity contribution is 7.10. The van der Waals surface area contributed by atoms with Crippen molar-refractivity contribution in [1.29, 1.82) is 0 Å². The molecule has 4 heteroatoms. The zero-order valence-electron chi connectivity index (χ0n) is 5.33. The van der Waals surface area contributed by atoms with Gasteiger partial charge >= 0.3 is 5.63 Å². The van der Waals surface area contributed by atoms with Crippen LogP contribution in [0.1, 0.15) is 0 Å². The summed E-state index contributed by atoms with van der Waals surface area (Å²) in [5.74, 6) is -0.352. The van der Waals surface area contributed by atoms with Gasteiger partial charge in [-0.25, -0.2) is 9.18 Å². The van der Waals surface area contributed by atoms with E-state index in [1.54, 1.807) is 0 Å². The van der Waals surface area contributed by atoms with Gasteiger partial charge in [-0.05, 0) is 18.2 Å². The van der Waals surface area contributed by atoms with Gasteiger partial charge < -0.3 is 3.85 Å². The summed E-state index contributed by atoms with van der Waals surface area (Å²) in [6.07, 6.45) is 0. The molecule has 1 aromatic carbocycles. The first kappa shape index (κ1) is 6.54. The summed E-state index contributed by atoms with van der Waals surface area (Å²) in [6, 6.07) is 3.95. The zero-order valence-corrected chi connectivity index (χ0v) is 6.15. The van der Waals surface area contributed by atoms with Crippen LogP contribution < -0.4 is 5.63 Å². The van der Waals surface area contributed by atoms with Gasteiger partial charge in [0.2, 0.25) is 0 Å². The fraction of sp³-hybridized carbons (Fsp3) is 0. The number of benzene rings is 1. The Balaban J connectivity index is 2.97. The summed E-state index contributed by atoms with van der Waals surface area (Å²) in [5.41, 5.74) is -0.398. The standard InChI is InChI=1S/C7H3FO2S/c8-4-1-2-5-6(3-4)11-10-7(5)9/h1-3H. The van der Waals surface area contributed by atoms with E-state index < -0.39 is 5.63 Å². The Kier molecular flexibility index (Phi) is 1.29. The van der Waals surface area contributed by atoms with Gasteiger partial charge in [-0.1, -0.05) is 0 Å². The van der Waals surface area contributed by atoms with Crippen molar-refractivity contribution in [3.05, 3.63) is 34.4 Å². The fourth-order valence-electron chi connectivity index (χ4n) is 0.861. The summed E-state index contributed by atoms with van der Waals surface area (Å²) in [4.78, 5) is 10.8. The van der Waals surface area contributed by atoms with Crippen LogP contribution in [0.2, 0.25) is 0 Å². The molecule has 0 spiro atoms. The van der Waals surface area contributed by atoms with Gasteiger partial charge in [-0.3, -0.25) is 0 Å². The molecule has 0 N–H and O–H groups in total. The number of rotatable bonds is 0. The van der Waals surface area contributed by atoms with Gasteiger partial charge in [0.1, 0.15) is 5.82 Å². The smallest absolute Gasteiger partial charge is 0.356 e. The van der Waals surface area contributed by atoms with Crippen LogP contribution in [0, 0.1) is 5.82 Å². The maximum absolute atomic E-state index is 12.5. The minimum Gasteiger partial charge on any atom is -0.361 e. The van der Waals surface area contributed by atoms with Crippen LogP contribution in [0.15, 0.2) is 26.8 Å². The first-order chi connectivity index (χ1) is 5.27. The molecule has 0 aliphatic heterocycles. The molecule has 2 rings (SSSR count). The van der Waals surface area contributed by atoms with E-state index in [0.717, 1.165) is 11.6 Å². The van der Waals surface area contributed by atoms with E-state index in [1.165, 1.54) is 18.2 Å². The van der Waals surface area contributed by atoms with E-state index in [0.29, 0.717) is 10.1 Å². The third kappa shape index (κ3) is 0.952. The first-order valence-corrected chi connectivity index (χ1v) is 3.70. The van der Waals surface area contributed by atoms with Gasteiger partial charge in [-0.15, -0.1) is 0 Å². The lowest BCUT2D eigenvalue weighted by Crippen LogP contribution is -1.89. The van der Waals surface area contributed by atoms with Crippen LogP contribution in [0.3, 0.4) is 0 Å². The molecular formula is C7H3FO2S. The molecule has 1 aromatic heterocycles. The van der Waals surface area contributed by atoms with E-state index >= 15 is 0 Å². The number of hydrogen-bond donors (Lipinski definition) is 0. The number of hydrogen-bond acceptors (Lipinski definition) is 3. The minimum atomic E-state index is -0.398. The van der Waals surface area contributed by atoms with Crippen molar-refractivity contribution in [2.24, 2.45) is 0 Å². The quantitative estimate of drug-likeness (QED) is 0.605. The first-order valence-electron chi connectivity index (χ1n) is 2.96. The summed E-state index contributed by atoms with van der Waals surface area (Å²) in [7, 11) is 0. The molecular weight excluding hydrogens is 167 g/mol. The minimum absolute atomic E-state index is 0.352. The average Bonchev–Trinajstić information content (AvgIpc) is 2.32. The van der Waals surface area contributed by atoms with E-state index in [-0.39, 0.29) is 5.82 Å². The normalized spacial score (nSPS) is 10.6. The third-order valence-corrected chi connectivity index (χ3v) is 2.12. The largest absolute Gasteiger partial charge is 0.361 e. The van der Waals surface area contributed by atoms with E-state index in [2.05, 4.69) is 3.85 Å². The lowest BCUT2D eigenvalue weighted by Gasteiger charge is -1.83. The predicted molar refractivity (Wildman–Crippen MR) is 40.3 cm³/mol. The molecule has 1 heterocycles. The molecule has 0 saturated heterocycles. The second-order valence-corrected chi connectivity index (χ2v) is 2.87. The van der Waals surface area contributed by atoms with Crippen molar-refractivity contribution in [3.8, 4) is 0 Å². The van der Waals surface area contributed by atoms with Crippen LogP contribution in [-0.2, 0) is 0 Å². The molecule has 2 aromatic rings. The number of halogens is 1. The highest BCUT2D eigenvalue weighted by Crippen LogP contribution is 2.16. The topological polar surface area (TPSA) is 30.2 Å². The van der Waals surface area contributed by atoms with Crippen molar-refractivity contribution in [2.75, 3.05) is 0 Å². The molecule has 0 bridgehead atoms. The molecule has 0 unspecified atom stereocenters. The van der Waals surface area contributed by atoms with Gasteiger partial charge in [-0.2, -0.15) is 0 Å². The molecule has 0 fully saturated rings. The van der Waals surface area contributed by atoms with Crippen LogP contribution in [0.25, 0.3) is 10.1 Å². The van der Waals surface area contributed by atoms with E-state index in [4.69, 9.17) is 0 Å². The molecule has 0 amide bonds. The predicted octanol–water partition coefficient (Wildman–Crippen LogP) is 1.99. The third-order valence-electron chi connectivity index (χ3n) is 1.37. The van der Waals surface area contributed by atoms with Crippen LogP contribution >= 0.6 is 11.6 Å². The van der Waals surface area contributed by atoms with Crippen molar-refractivity contribution in [1.82, 2.24) is 0 Å². The van der Waals surface area contributed by atoms with Gasteiger partial charge in [0.25, 0.3) is 0 Å². The zero-order chi connectivity index (χ0) is 7.84. The maximum Gasteiger partial charge on any atom is 0.356 e. The van der Waals surface area contributed by atoms with Crippen molar-refractivity contribution < 1.29 is 8.24 Å². The molecule has 0 aliphatic rings. The molecule has 0 atom stereocenters. The molecule has 2 nitrogen and oxygen atoms in total. The van der Waals surface area contributed by atoms with Crippen molar-refractivity contribution in [3.63, 3.8) is 0 Å². The highest BCUT2D eigenvalue weighted by Gasteiger charge is 2.03. The SMILES string of the molecule is O=c1osc2cc(F)ccc12. The lowest BCUT2D eigenvalue weighted by atomic mass is 10.3. The summed E-state index contributed by atoms with van der Waals surface area (Å²) in [5, 5.41) is 0.441. The summed E-state index contributed by atoms with van der Waals surface area (Å²) < 4.78 is 17.6. The van der Waals surface area contributed by atoms with Crippen LogP contribution in [-0.4, -0.2) is 0 Å². The van der Waals surface area contributed by atoms with Gasteiger partial charge in [0, 0.05) is 11.6 Å². The Labute approximate surface area is 65.1 Å². The molecule has 56 valence electrons. The van der Waals surface area contributed by atoms with E-state index in [1.807, 2.05) is 0 Å². The Morgan fingerprint density at radius 2 is 2.27 bits per heavy atom. The molecule has 11 heavy (non-hydrogen) atoms. The fourth-order valence-corrected chi connectivity index (χ4v) is 1.52. The Morgan fingerprint density at radius 3 is 3.09 bits per heavy atom. The van der Waals surface area contributed by atoms with Crippen molar-refractivity contribution >= 4 is 21.7 Å². The van der Waals surface area contributed by atoms with Crippen LogP contribution in [0.5, 0.6) is 0 Å². The van der Waals surface area contributed by atoms with Crippen LogP contribution in [0.4, 0.5) is 4.39 Å². The number of fused-ring (bicyclic) bond motifs is 1. The van der Waals surface area contributed by atoms with Gasteiger partial charge in [0.15, 0.2) is 0 Å². The second kappa shape index (κ2) is 2.17.